The molecule has 7 nitrogen and oxygen atoms in total. The van der Waals surface area contributed by atoms with E-state index in [1.165, 1.54) is 11.3 Å². The Morgan fingerprint density at radius 2 is 2.29 bits per heavy atom. The molecule has 1 fully saturated rings. The topological polar surface area (TPSA) is 80.2 Å². The Balaban J connectivity index is 1.60. The number of nitrogens with one attached hydrogen (secondary N) is 1. The first-order valence-corrected chi connectivity index (χ1v) is 10.2. The van der Waals surface area contributed by atoms with E-state index in [1.807, 2.05) is 41.5 Å². The molecular formula is C20H23N5O2S. The highest BCUT2D eigenvalue weighted by atomic mass is 32.1. The number of carbonyl (C=O) groups excluding carboxylic acids is 1. The molecule has 2 atom stereocenters. The minimum absolute atomic E-state index is 0.0398. The zero-order valence-corrected chi connectivity index (χ0v) is 16.8. The van der Waals surface area contributed by atoms with Crippen molar-refractivity contribution in [2.24, 2.45) is 5.92 Å². The molecule has 1 N–H and O–H groups in total. The third kappa shape index (κ3) is 3.83. The Morgan fingerprint density at radius 3 is 3.07 bits per heavy atom. The molecule has 1 aliphatic heterocycles. The number of methoxy groups -OCH3 is 1. The zero-order chi connectivity index (χ0) is 19.5. The maximum absolute atomic E-state index is 13.2. The fourth-order valence-corrected chi connectivity index (χ4v) is 4.32. The lowest BCUT2D eigenvalue weighted by Gasteiger charge is -2.18. The molecule has 0 radical (unpaired) electrons. The summed E-state index contributed by atoms with van der Waals surface area (Å²) < 4.78 is 6.07. The number of thiophene rings is 1. The van der Waals surface area contributed by atoms with Crippen LogP contribution in [0, 0.1) is 5.92 Å². The summed E-state index contributed by atoms with van der Waals surface area (Å²) in [5.41, 5.74) is 2.15. The number of aromatic nitrogens is 3. The van der Waals surface area contributed by atoms with Gasteiger partial charge in [-0.2, -0.15) is 0 Å². The molecule has 4 rings (SSSR count). The third-order valence-electron chi connectivity index (χ3n) is 4.96. The van der Waals surface area contributed by atoms with E-state index in [9.17, 15) is 4.79 Å². The van der Waals surface area contributed by atoms with Gasteiger partial charge in [-0.05, 0) is 36.9 Å². The van der Waals surface area contributed by atoms with E-state index in [1.54, 1.807) is 13.3 Å². The Hall–Kier alpha value is -2.58. The molecule has 1 amide bonds. The number of ether oxygens (including phenoxy) is 1. The van der Waals surface area contributed by atoms with E-state index in [0.717, 1.165) is 28.9 Å². The van der Waals surface area contributed by atoms with E-state index >= 15 is 0 Å². The highest BCUT2D eigenvalue weighted by Crippen LogP contribution is 2.27. The van der Waals surface area contributed by atoms with Crippen LogP contribution in [0.2, 0.25) is 0 Å². The summed E-state index contributed by atoms with van der Waals surface area (Å²) in [6.45, 7) is 4.12. The molecule has 0 aliphatic carbocycles. The van der Waals surface area contributed by atoms with Gasteiger partial charge in [-0.25, -0.2) is 9.97 Å². The average Bonchev–Trinajstić information content (AvgIpc) is 3.37. The molecule has 3 aromatic heterocycles. The Labute approximate surface area is 167 Å². The van der Waals surface area contributed by atoms with Crippen molar-refractivity contribution in [1.82, 2.24) is 19.9 Å². The van der Waals surface area contributed by atoms with Crippen LogP contribution in [0.4, 0.5) is 5.95 Å². The fourth-order valence-electron chi connectivity index (χ4n) is 3.51. The lowest BCUT2D eigenvalue weighted by atomic mass is 10.1. The van der Waals surface area contributed by atoms with Crippen LogP contribution in [0.25, 0.3) is 10.2 Å². The van der Waals surface area contributed by atoms with Crippen LogP contribution in [0.5, 0.6) is 0 Å². The second-order valence-electron chi connectivity index (χ2n) is 7.01. The number of rotatable bonds is 6. The van der Waals surface area contributed by atoms with Crippen molar-refractivity contribution in [3.05, 3.63) is 47.2 Å². The van der Waals surface area contributed by atoms with Gasteiger partial charge in [0.05, 0.1) is 28.6 Å². The Kier molecular flexibility index (Phi) is 5.50. The summed E-state index contributed by atoms with van der Waals surface area (Å²) in [4.78, 5) is 28.6. The number of amides is 1. The van der Waals surface area contributed by atoms with Gasteiger partial charge in [-0.3, -0.25) is 9.78 Å². The maximum Gasteiger partial charge on any atom is 0.274 e. The van der Waals surface area contributed by atoms with Gasteiger partial charge in [0.15, 0.2) is 5.69 Å². The van der Waals surface area contributed by atoms with Gasteiger partial charge in [0.2, 0.25) is 5.95 Å². The molecule has 1 aliphatic rings. The van der Waals surface area contributed by atoms with E-state index in [0.29, 0.717) is 30.7 Å². The second-order valence-corrected chi connectivity index (χ2v) is 7.93. The molecule has 4 heterocycles. The third-order valence-corrected chi connectivity index (χ3v) is 5.87. The summed E-state index contributed by atoms with van der Waals surface area (Å²) in [5, 5.41) is 5.23. The molecule has 1 saturated heterocycles. The highest BCUT2D eigenvalue weighted by molar-refractivity contribution is 7.17. The summed E-state index contributed by atoms with van der Waals surface area (Å²) in [6, 6.07) is 7.63. The van der Waals surface area contributed by atoms with Gasteiger partial charge in [0, 0.05) is 32.3 Å². The number of anilines is 1. The normalized spacial score (nSPS) is 17.8. The summed E-state index contributed by atoms with van der Waals surface area (Å²) in [6.07, 6.45) is 2.72. The van der Waals surface area contributed by atoms with E-state index in [2.05, 4.69) is 20.3 Å². The molecule has 0 saturated carbocycles. The van der Waals surface area contributed by atoms with Gasteiger partial charge in [0.1, 0.15) is 0 Å². The van der Waals surface area contributed by atoms with Crippen LogP contribution >= 0.6 is 11.3 Å². The number of nitrogens with zero attached hydrogens (tertiary/aromatic N) is 4. The lowest BCUT2D eigenvalue weighted by molar-refractivity contribution is 0.0772. The maximum atomic E-state index is 13.2. The first kappa shape index (κ1) is 18.8. The molecule has 8 heteroatoms. The molecule has 0 spiro atoms. The minimum Gasteiger partial charge on any atom is -0.384 e. The minimum atomic E-state index is -0.0712. The smallest absolute Gasteiger partial charge is 0.274 e. The first-order valence-electron chi connectivity index (χ1n) is 9.36. The Morgan fingerprint density at radius 1 is 1.39 bits per heavy atom. The van der Waals surface area contributed by atoms with Crippen LogP contribution in [0.15, 0.2) is 35.8 Å². The Bertz CT molecular complexity index is 962. The second kappa shape index (κ2) is 8.20. The largest absolute Gasteiger partial charge is 0.384 e. The van der Waals surface area contributed by atoms with Gasteiger partial charge in [-0.1, -0.05) is 6.07 Å². The van der Waals surface area contributed by atoms with Gasteiger partial charge in [0.25, 0.3) is 5.91 Å². The van der Waals surface area contributed by atoms with Gasteiger partial charge < -0.3 is 15.0 Å². The van der Waals surface area contributed by atoms with Crippen molar-refractivity contribution in [3.63, 3.8) is 0 Å². The zero-order valence-electron chi connectivity index (χ0n) is 16.0. The van der Waals surface area contributed by atoms with Crippen molar-refractivity contribution in [2.75, 3.05) is 32.1 Å². The lowest BCUT2D eigenvalue weighted by Crippen LogP contribution is -2.30. The van der Waals surface area contributed by atoms with Crippen LogP contribution < -0.4 is 5.32 Å². The predicted octanol–water partition coefficient (Wildman–Crippen LogP) is 3.37. The SMILES string of the molecule is COC[C@H]1CCN(C(=O)c2nc(N[C@@H](C)c3ccccn3)nc3ccsc23)C1. The molecule has 0 bridgehead atoms. The van der Waals surface area contributed by atoms with Crippen molar-refractivity contribution >= 4 is 33.4 Å². The average molecular weight is 398 g/mol. The van der Waals surface area contributed by atoms with E-state index in [4.69, 9.17) is 4.74 Å². The van der Waals surface area contributed by atoms with Crippen LogP contribution in [0.1, 0.15) is 35.6 Å². The number of hydrogen-bond acceptors (Lipinski definition) is 7. The quantitative estimate of drug-likeness (QED) is 0.687. The fraction of sp³-hybridized carbons (Fsp3) is 0.400. The standard InChI is InChI=1S/C20H23N5O2S/c1-13(15-5-3-4-8-21-15)22-20-23-16-7-10-28-18(16)17(24-20)19(26)25-9-6-14(11-25)12-27-2/h3-5,7-8,10,13-14H,6,9,11-12H2,1-2H3,(H,22,23,24)/t13-,14-/m0/s1. The number of carbonyl (C=O) groups is 1. The van der Waals surface area contributed by atoms with Crippen molar-refractivity contribution in [3.8, 4) is 0 Å². The molecule has 3 aromatic rings. The highest BCUT2D eigenvalue weighted by Gasteiger charge is 2.29. The predicted molar refractivity (Wildman–Crippen MR) is 110 cm³/mol. The van der Waals surface area contributed by atoms with E-state index in [-0.39, 0.29) is 11.9 Å². The van der Waals surface area contributed by atoms with Crippen molar-refractivity contribution in [1.29, 1.82) is 0 Å². The number of likely N-dealkylation sites (tertiary alicyclic amines) is 1. The monoisotopic (exact) mass is 397 g/mol. The van der Waals surface area contributed by atoms with Crippen LogP contribution in [-0.4, -0.2) is 52.6 Å². The number of fused-ring (bicyclic) bond motifs is 1. The summed E-state index contributed by atoms with van der Waals surface area (Å²) in [7, 11) is 1.70. The van der Waals surface area contributed by atoms with Gasteiger partial charge in [-0.15, -0.1) is 11.3 Å². The van der Waals surface area contributed by atoms with Crippen LogP contribution in [0.3, 0.4) is 0 Å². The molecule has 0 unspecified atom stereocenters. The number of pyridine rings is 1. The first-order chi connectivity index (χ1) is 13.7. The van der Waals surface area contributed by atoms with E-state index < -0.39 is 0 Å². The van der Waals surface area contributed by atoms with Crippen molar-refractivity contribution in [2.45, 2.75) is 19.4 Å². The summed E-state index contributed by atoms with van der Waals surface area (Å²) >= 11 is 1.50. The molecule has 28 heavy (non-hydrogen) atoms. The summed E-state index contributed by atoms with van der Waals surface area (Å²) in [5.74, 6) is 0.790. The number of hydrogen-bond donors (Lipinski definition) is 1. The molecular weight excluding hydrogens is 374 g/mol. The molecule has 0 aromatic carbocycles. The van der Waals surface area contributed by atoms with Crippen LogP contribution in [-0.2, 0) is 4.74 Å². The molecule has 146 valence electrons. The van der Waals surface area contributed by atoms with Crippen molar-refractivity contribution < 1.29 is 9.53 Å². The van der Waals surface area contributed by atoms with Gasteiger partial charge >= 0.3 is 0 Å².